The van der Waals surface area contributed by atoms with E-state index in [0.29, 0.717) is 23.5 Å². The first-order chi connectivity index (χ1) is 14.6. The molecule has 0 saturated carbocycles. The largest absolute Gasteiger partial charge is 0.336 e. The molecular weight excluding hydrogens is 440 g/mol. The molecule has 0 bridgehead atoms. The van der Waals surface area contributed by atoms with Gasteiger partial charge in [-0.05, 0) is 54.3 Å². The molecule has 0 radical (unpaired) electrons. The van der Waals surface area contributed by atoms with Crippen molar-refractivity contribution >= 4 is 44.7 Å². The number of rotatable bonds is 3. The summed E-state index contributed by atoms with van der Waals surface area (Å²) >= 11 is 3.42. The first kappa shape index (κ1) is 18.8. The first-order valence-electron chi connectivity index (χ1n) is 9.94. The maximum Gasteiger partial charge on any atom is 0.282 e. The number of anilines is 2. The third-order valence-corrected chi connectivity index (χ3v) is 6.12. The van der Waals surface area contributed by atoms with Crippen LogP contribution in [0.5, 0.6) is 0 Å². The topological polar surface area (TPSA) is 40.6 Å². The minimum absolute atomic E-state index is 0.280. The lowest BCUT2D eigenvalue weighted by Gasteiger charge is -2.32. The van der Waals surface area contributed by atoms with Crippen LogP contribution in [0.1, 0.15) is 17.5 Å². The second-order valence-corrected chi connectivity index (χ2v) is 8.31. The standard InChI is InChI=1S/C25H19BrN2O2/c26-19-12-14-20(15-13-19)28-24(29)22(18-8-2-1-3-9-18)23(25(28)30)27-16-6-10-17-7-4-5-11-21(17)27/h1-5,7-9,11-15H,6,10,16H2. The summed E-state index contributed by atoms with van der Waals surface area (Å²) in [6.45, 7) is 0.704. The van der Waals surface area contributed by atoms with E-state index in [0.717, 1.165) is 28.6 Å². The molecule has 30 heavy (non-hydrogen) atoms. The molecule has 0 unspecified atom stereocenters. The van der Waals surface area contributed by atoms with Gasteiger partial charge in [0.25, 0.3) is 11.8 Å². The fraction of sp³-hybridized carbons (Fsp3) is 0.120. The summed E-state index contributed by atoms with van der Waals surface area (Å²) in [7, 11) is 0. The molecule has 0 aliphatic carbocycles. The van der Waals surface area contributed by atoms with Gasteiger partial charge in [0.05, 0.1) is 11.3 Å². The van der Waals surface area contributed by atoms with Crippen molar-refractivity contribution in [2.24, 2.45) is 0 Å². The number of carbonyl (C=O) groups excluding carboxylic acids is 2. The van der Waals surface area contributed by atoms with Crippen molar-refractivity contribution < 1.29 is 9.59 Å². The van der Waals surface area contributed by atoms with Crippen molar-refractivity contribution in [3.8, 4) is 0 Å². The van der Waals surface area contributed by atoms with Crippen molar-refractivity contribution in [2.45, 2.75) is 12.8 Å². The predicted octanol–water partition coefficient (Wildman–Crippen LogP) is 5.19. The van der Waals surface area contributed by atoms with Gasteiger partial charge in [0.1, 0.15) is 5.70 Å². The number of carbonyl (C=O) groups is 2. The summed E-state index contributed by atoms with van der Waals surface area (Å²) in [6.07, 6.45) is 1.90. The van der Waals surface area contributed by atoms with E-state index in [1.165, 1.54) is 10.5 Å². The number of amides is 2. The minimum atomic E-state index is -0.286. The van der Waals surface area contributed by atoms with Crippen LogP contribution >= 0.6 is 15.9 Å². The number of fused-ring (bicyclic) bond motifs is 1. The zero-order valence-electron chi connectivity index (χ0n) is 16.2. The van der Waals surface area contributed by atoms with Gasteiger partial charge in [0.15, 0.2) is 0 Å². The van der Waals surface area contributed by atoms with E-state index in [1.54, 1.807) is 12.1 Å². The normalized spacial score (nSPS) is 16.3. The summed E-state index contributed by atoms with van der Waals surface area (Å²) in [5.41, 5.74) is 4.45. The maximum absolute atomic E-state index is 13.7. The van der Waals surface area contributed by atoms with Gasteiger partial charge in [-0.15, -0.1) is 0 Å². The van der Waals surface area contributed by atoms with Gasteiger partial charge in [0.2, 0.25) is 0 Å². The summed E-state index contributed by atoms with van der Waals surface area (Å²) < 4.78 is 0.895. The lowest BCUT2D eigenvalue weighted by atomic mass is 9.98. The van der Waals surface area contributed by atoms with Crippen LogP contribution in [-0.4, -0.2) is 18.4 Å². The lowest BCUT2D eigenvalue weighted by Crippen LogP contribution is -2.37. The molecule has 2 aliphatic heterocycles. The number of para-hydroxylation sites is 1. The zero-order valence-corrected chi connectivity index (χ0v) is 17.8. The Labute approximate surface area is 183 Å². The molecule has 3 aromatic rings. The van der Waals surface area contributed by atoms with Crippen molar-refractivity contribution in [2.75, 3.05) is 16.3 Å². The van der Waals surface area contributed by atoms with E-state index in [4.69, 9.17) is 0 Å². The Kier molecular flexibility index (Phi) is 4.75. The third-order valence-electron chi connectivity index (χ3n) is 5.59. The van der Waals surface area contributed by atoms with Crippen molar-refractivity contribution in [3.63, 3.8) is 0 Å². The Morgan fingerprint density at radius 2 is 1.47 bits per heavy atom. The van der Waals surface area contributed by atoms with Gasteiger partial charge in [0, 0.05) is 16.7 Å². The molecule has 5 rings (SSSR count). The van der Waals surface area contributed by atoms with Crippen LogP contribution in [-0.2, 0) is 16.0 Å². The van der Waals surface area contributed by atoms with E-state index >= 15 is 0 Å². The number of nitrogens with zero attached hydrogens (tertiary/aromatic N) is 2. The average molecular weight is 459 g/mol. The highest BCUT2D eigenvalue weighted by molar-refractivity contribution is 9.10. The first-order valence-corrected chi connectivity index (χ1v) is 10.7. The number of imide groups is 1. The van der Waals surface area contributed by atoms with Crippen LogP contribution in [0.15, 0.2) is 89.0 Å². The molecule has 148 valence electrons. The Morgan fingerprint density at radius 3 is 2.23 bits per heavy atom. The van der Waals surface area contributed by atoms with Crippen molar-refractivity contribution in [1.82, 2.24) is 0 Å². The molecule has 2 aliphatic rings. The molecule has 3 aromatic carbocycles. The SMILES string of the molecule is O=C1C(c2ccccc2)=C(N2CCCc3ccccc32)C(=O)N1c1ccc(Br)cc1. The Morgan fingerprint density at radius 1 is 0.767 bits per heavy atom. The zero-order chi connectivity index (χ0) is 20.7. The van der Waals surface area contributed by atoms with Gasteiger partial charge >= 0.3 is 0 Å². The molecule has 0 spiro atoms. The van der Waals surface area contributed by atoms with Gasteiger partial charge in [-0.1, -0.05) is 64.5 Å². The number of benzene rings is 3. The smallest absolute Gasteiger partial charge is 0.282 e. The molecular formula is C25H19BrN2O2. The quantitative estimate of drug-likeness (QED) is 0.507. The van der Waals surface area contributed by atoms with Gasteiger partial charge in [-0.3, -0.25) is 9.59 Å². The van der Waals surface area contributed by atoms with Crippen LogP contribution in [0.2, 0.25) is 0 Å². The number of hydrogen-bond donors (Lipinski definition) is 0. The van der Waals surface area contributed by atoms with Crippen LogP contribution in [0.4, 0.5) is 11.4 Å². The van der Waals surface area contributed by atoms with E-state index in [-0.39, 0.29) is 11.8 Å². The molecule has 0 aromatic heterocycles. The number of halogens is 1. The van der Waals surface area contributed by atoms with Crippen LogP contribution in [0.25, 0.3) is 5.57 Å². The van der Waals surface area contributed by atoms with Crippen molar-refractivity contribution in [1.29, 1.82) is 0 Å². The van der Waals surface area contributed by atoms with Crippen molar-refractivity contribution in [3.05, 3.63) is 100 Å². The fourth-order valence-corrected chi connectivity index (χ4v) is 4.49. The van der Waals surface area contributed by atoms with E-state index in [2.05, 4.69) is 22.0 Å². The molecule has 0 saturated heterocycles. The predicted molar refractivity (Wildman–Crippen MR) is 122 cm³/mol. The average Bonchev–Trinajstić information content (AvgIpc) is 3.04. The summed E-state index contributed by atoms with van der Waals surface area (Å²) in [5.74, 6) is -0.565. The molecule has 2 amide bonds. The summed E-state index contributed by atoms with van der Waals surface area (Å²) in [4.78, 5) is 30.6. The highest BCUT2D eigenvalue weighted by atomic mass is 79.9. The molecule has 2 heterocycles. The van der Waals surface area contributed by atoms with Crippen LogP contribution < -0.4 is 9.80 Å². The molecule has 0 N–H and O–H groups in total. The summed E-state index contributed by atoms with van der Waals surface area (Å²) in [5, 5.41) is 0. The Balaban J connectivity index is 1.69. The van der Waals surface area contributed by atoms with Crippen LogP contribution in [0.3, 0.4) is 0 Å². The molecule has 0 fully saturated rings. The van der Waals surface area contributed by atoms with E-state index in [9.17, 15) is 9.59 Å². The number of hydrogen-bond acceptors (Lipinski definition) is 3. The van der Waals surface area contributed by atoms with Gasteiger partial charge in [-0.25, -0.2) is 4.90 Å². The molecule has 5 heteroatoms. The fourth-order valence-electron chi connectivity index (χ4n) is 4.22. The highest BCUT2D eigenvalue weighted by Gasteiger charge is 2.43. The summed E-state index contributed by atoms with van der Waals surface area (Å²) in [6, 6.07) is 24.9. The highest BCUT2D eigenvalue weighted by Crippen LogP contribution is 2.39. The second kappa shape index (κ2) is 7.58. The third kappa shape index (κ3) is 3.06. The van der Waals surface area contributed by atoms with E-state index in [1.807, 2.05) is 65.6 Å². The lowest BCUT2D eigenvalue weighted by molar-refractivity contribution is -0.120. The second-order valence-electron chi connectivity index (χ2n) is 7.40. The maximum atomic E-state index is 13.7. The van der Waals surface area contributed by atoms with Gasteiger partial charge in [-0.2, -0.15) is 0 Å². The molecule has 4 nitrogen and oxygen atoms in total. The Hall–Kier alpha value is -3.18. The van der Waals surface area contributed by atoms with Crippen LogP contribution in [0, 0.1) is 0 Å². The molecule has 0 atom stereocenters. The Bertz CT molecular complexity index is 1170. The van der Waals surface area contributed by atoms with Gasteiger partial charge < -0.3 is 4.90 Å². The minimum Gasteiger partial charge on any atom is -0.336 e. The van der Waals surface area contributed by atoms with E-state index < -0.39 is 0 Å². The number of aryl methyl sites for hydroxylation is 1. The monoisotopic (exact) mass is 458 g/mol.